The minimum Gasteiger partial charge on any atom is -0.492 e. The lowest BCUT2D eigenvalue weighted by molar-refractivity contribution is -0.119. The SMILES string of the molecule is CCOc1cc(C)ccc1NC(=O)C(N)C(C)(C)C. The summed E-state index contributed by atoms with van der Waals surface area (Å²) < 4.78 is 5.53. The quantitative estimate of drug-likeness (QED) is 0.878. The number of aryl methyl sites for hydroxylation is 1. The van der Waals surface area contributed by atoms with E-state index in [4.69, 9.17) is 10.5 Å². The van der Waals surface area contributed by atoms with Gasteiger partial charge in [0.15, 0.2) is 0 Å². The molecule has 19 heavy (non-hydrogen) atoms. The summed E-state index contributed by atoms with van der Waals surface area (Å²) in [6, 6.07) is 5.11. The lowest BCUT2D eigenvalue weighted by Gasteiger charge is -2.26. The van der Waals surface area contributed by atoms with E-state index in [2.05, 4.69) is 5.32 Å². The van der Waals surface area contributed by atoms with Crippen LogP contribution in [0.4, 0.5) is 5.69 Å². The molecule has 0 aliphatic rings. The number of ether oxygens (including phenoxy) is 1. The zero-order valence-corrected chi connectivity index (χ0v) is 12.4. The lowest BCUT2D eigenvalue weighted by atomic mass is 9.87. The molecule has 0 radical (unpaired) electrons. The summed E-state index contributed by atoms with van der Waals surface area (Å²) in [5, 5.41) is 2.84. The second-order valence-electron chi connectivity index (χ2n) is 5.77. The highest BCUT2D eigenvalue weighted by Gasteiger charge is 2.27. The van der Waals surface area contributed by atoms with Crippen molar-refractivity contribution in [1.29, 1.82) is 0 Å². The Kier molecular flexibility index (Phi) is 4.95. The minimum atomic E-state index is -0.566. The van der Waals surface area contributed by atoms with Crippen LogP contribution in [-0.2, 0) is 4.79 Å². The Balaban J connectivity index is 2.90. The van der Waals surface area contributed by atoms with Crippen molar-refractivity contribution in [2.45, 2.75) is 40.7 Å². The number of carbonyl (C=O) groups excluding carboxylic acids is 1. The van der Waals surface area contributed by atoms with Crippen LogP contribution in [0.15, 0.2) is 18.2 Å². The van der Waals surface area contributed by atoms with Gasteiger partial charge in [-0.15, -0.1) is 0 Å². The second-order valence-corrected chi connectivity index (χ2v) is 5.77. The largest absolute Gasteiger partial charge is 0.492 e. The van der Waals surface area contributed by atoms with Gasteiger partial charge in [-0.05, 0) is 37.0 Å². The molecule has 106 valence electrons. The number of amides is 1. The number of hydrogen-bond donors (Lipinski definition) is 2. The smallest absolute Gasteiger partial charge is 0.241 e. The molecule has 0 fully saturated rings. The summed E-state index contributed by atoms with van der Waals surface area (Å²) in [7, 11) is 0. The van der Waals surface area contributed by atoms with Crippen LogP contribution in [0.2, 0.25) is 0 Å². The van der Waals surface area contributed by atoms with Crippen molar-refractivity contribution in [1.82, 2.24) is 0 Å². The fraction of sp³-hybridized carbons (Fsp3) is 0.533. The molecule has 0 saturated carbocycles. The Morgan fingerprint density at radius 1 is 1.42 bits per heavy atom. The van der Waals surface area contributed by atoms with Crippen molar-refractivity contribution in [3.63, 3.8) is 0 Å². The van der Waals surface area contributed by atoms with Crippen LogP contribution in [0.1, 0.15) is 33.3 Å². The van der Waals surface area contributed by atoms with E-state index >= 15 is 0 Å². The Labute approximate surface area is 115 Å². The van der Waals surface area contributed by atoms with Gasteiger partial charge in [-0.2, -0.15) is 0 Å². The molecule has 0 bridgehead atoms. The van der Waals surface area contributed by atoms with E-state index in [1.165, 1.54) is 0 Å². The highest BCUT2D eigenvalue weighted by molar-refractivity contribution is 5.96. The molecule has 0 heterocycles. The number of anilines is 1. The molecule has 1 rings (SSSR count). The van der Waals surface area contributed by atoms with Crippen molar-refractivity contribution < 1.29 is 9.53 Å². The molecule has 0 aliphatic heterocycles. The molecule has 4 heteroatoms. The predicted octanol–water partition coefficient (Wildman–Crippen LogP) is 2.71. The van der Waals surface area contributed by atoms with Crippen molar-refractivity contribution in [3.05, 3.63) is 23.8 Å². The summed E-state index contributed by atoms with van der Waals surface area (Å²) in [6.07, 6.45) is 0. The van der Waals surface area contributed by atoms with E-state index in [1.54, 1.807) is 0 Å². The van der Waals surface area contributed by atoms with Gasteiger partial charge in [0.05, 0.1) is 18.3 Å². The van der Waals surface area contributed by atoms with E-state index in [-0.39, 0.29) is 11.3 Å². The van der Waals surface area contributed by atoms with Gasteiger partial charge in [-0.25, -0.2) is 0 Å². The van der Waals surface area contributed by atoms with Crippen LogP contribution in [0.25, 0.3) is 0 Å². The van der Waals surface area contributed by atoms with Gasteiger partial charge in [-0.3, -0.25) is 4.79 Å². The predicted molar refractivity (Wildman–Crippen MR) is 78.4 cm³/mol. The third kappa shape index (κ3) is 4.24. The highest BCUT2D eigenvalue weighted by atomic mass is 16.5. The maximum absolute atomic E-state index is 12.1. The first-order chi connectivity index (χ1) is 8.75. The molecule has 0 aliphatic carbocycles. The average molecular weight is 264 g/mol. The molecule has 1 aromatic carbocycles. The van der Waals surface area contributed by atoms with Crippen LogP contribution in [-0.4, -0.2) is 18.6 Å². The Bertz CT molecular complexity index is 450. The number of benzene rings is 1. The third-order valence-electron chi connectivity index (χ3n) is 2.91. The van der Waals surface area contributed by atoms with Crippen LogP contribution in [0, 0.1) is 12.3 Å². The van der Waals surface area contributed by atoms with Crippen LogP contribution in [0.3, 0.4) is 0 Å². The van der Waals surface area contributed by atoms with Crippen molar-refractivity contribution >= 4 is 11.6 Å². The molecule has 3 N–H and O–H groups in total. The molecular weight excluding hydrogens is 240 g/mol. The Hall–Kier alpha value is -1.55. The van der Waals surface area contributed by atoms with E-state index in [0.717, 1.165) is 5.56 Å². The zero-order chi connectivity index (χ0) is 14.6. The second kappa shape index (κ2) is 6.06. The Morgan fingerprint density at radius 2 is 2.05 bits per heavy atom. The van der Waals surface area contributed by atoms with Gasteiger partial charge in [0.25, 0.3) is 0 Å². The summed E-state index contributed by atoms with van der Waals surface area (Å²) in [5.74, 6) is 0.481. The molecule has 1 atom stereocenters. The normalized spacial score (nSPS) is 12.9. The standard InChI is InChI=1S/C15H24N2O2/c1-6-19-12-9-10(2)7-8-11(12)17-14(18)13(16)15(3,4)5/h7-9,13H,6,16H2,1-5H3,(H,17,18). The molecule has 0 spiro atoms. The number of nitrogens with two attached hydrogens (primary N) is 1. The fourth-order valence-corrected chi connectivity index (χ4v) is 1.61. The fourth-order valence-electron chi connectivity index (χ4n) is 1.61. The van der Waals surface area contributed by atoms with Gasteiger partial charge in [0.2, 0.25) is 5.91 Å². The minimum absolute atomic E-state index is 0.197. The van der Waals surface area contributed by atoms with Crippen LogP contribution in [0.5, 0.6) is 5.75 Å². The first kappa shape index (κ1) is 15.5. The maximum Gasteiger partial charge on any atom is 0.241 e. The van der Waals surface area contributed by atoms with E-state index in [1.807, 2.05) is 52.8 Å². The summed E-state index contributed by atoms with van der Waals surface area (Å²) in [4.78, 5) is 12.1. The van der Waals surface area contributed by atoms with Gasteiger partial charge in [-0.1, -0.05) is 26.8 Å². The molecule has 1 aromatic rings. The van der Waals surface area contributed by atoms with Crippen molar-refractivity contribution in [3.8, 4) is 5.75 Å². The maximum atomic E-state index is 12.1. The summed E-state index contributed by atoms with van der Waals surface area (Å²) in [5.41, 5.74) is 7.41. The zero-order valence-electron chi connectivity index (χ0n) is 12.4. The first-order valence-corrected chi connectivity index (χ1v) is 6.55. The number of rotatable bonds is 4. The monoisotopic (exact) mass is 264 g/mol. The molecule has 1 unspecified atom stereocenters. The Morgan fingerprint density at radius 3 is 2.58 bits per heavy atom. The number of carbonyl (C=O) groups is 1. The lowest BCUT2D eigenvalue weighted by Crippen LogP contribution is -2.45. The summed E-state index contributed by atoms with van der Waals surface area (Å²) >= 11 is 0. The molecule has 4 nitrogen and oxygen atoms in total. The number of nitrogens with one attached hydrogen (secondary N) is 1. The molecule has 0 aromatic heterocycles. The van der Waals surface area contributed by atoms with Gasteiger partial charge < -0.3 is 15.8 Å². The van der Waals surface area contributed by atoms with E-state index in [9.17, 15) is 4.79 Å². The van der Waals surface area contributed by atoms with E-state index in [0.29, 0.717) is 18.0 Å². The highest BCUT2D eigenvalue weighted by Crippen LogP contribution is 2.27. The third-order valence-corrected chi connectivity index (χ3v) is 2.91. The molecule has 0 saturated heterocycles. The van der Waals surface area contributed by atoms with Crippen molar-refractivity contribution in [2.75, 3.05) is 11.9 Å². The molecular formula is C15H24N2O2. The van der Waals surface area contributed by atoms with Gasteiger partial charge in [0, 0.05) is 0 Å². The number of hydrogen-bond acceptors (Lipinski definition) is 3. The molecule has 1 amide bonds. The van der Waals surface area contributed by atoms with Crippen molar-refractivity contribution in [2.24, 2.45) is 11.1 Å². The topological polar surface area (TPSA) is 64.3 Å². The van der Waals surface area contributed by atoms with Crippen LogP contribution < -0.4 is 15.8 Å². The van der Waals surface area contributed by atoms with Gasteiger partial charge in [0.1, 0.15) is 5.75 Å². The average Bonchev–Trinajstić information content (AvgIpc) is 2.30. The van der Waals surface area contributed by atoms with E-state index < -0.39 is 6.04 Å². The first-order valence-electron chi connectivity index (χ1n) is 6.55. The van der Waals surface area contributed by atoms with Crippen LogP contribution >= 0.6 is 0 Å². The van der Waals surface area contributed by atoms with Gasteiger partial charge >= 0.3 is 0 Å². The summed E-state index contributed by atoms with van der Waals surface area (Å²) in [6.45, 7) is 10.3.